The Kier molecular flexibility index (Phi) is 6.88. The average Bonchev–Trinajstić information content (AvgIpc) is 3.36. The molecular formula is C24H37N3O2. The Hall–Kier alpha value is -1.43. The second-order valence-electron chi connectivity index (χ2n) is 9.21. The van der Waals surface area contributed by atoms with Gasteiger partial charge >= 0.3 is 0 Å². The van der Waals surface area contributed by atoms with Crippen molar-refractivity contribution in [2.24, 2.45) is 11.8 Å². The molecule has 5 nitrogen and oxygen atoms in total. The van der Waals surface area contributed by atoms with Crippen LogP contribution in [-0.4, -0.2) is 80.1 Å². The van der Waals surface area contributed by atoms with Crippen molar-refractivity contribution in [3.63, 3.8) is 0 Å². The lowest BCUT2D eigenvalue weighted by molar-refractivity contribution is -0.135. The molecule has 1 aromatic carbocycles. The number of hydrogen-bond donors (Lipinski definition) is 0. The molecule has 3 heterocycles. The van der Waals surface area contributed by atoms with Crippen molar-refractivity contribution >= 4 is 5.91 Å². The van der Waals surface area contributed by atoms with Gasteiger partial charge in [0, 0.05) is 39.3 Å². The largest absolute Gasteiger partial charge is 0.383 e. The van der Waals surface area contributed by atoms with Crippen molar-refractivity contribution in [1.82, 2.24) is 14.7 Å². The summed E-state index contributed by atoms with van der Waals surface area (Å²) in [5, 5.41) is 0. The molecule has 4 rings (SSSR count). The van der Waals surface area contributed by atoms with Crippen LogP contribution in [0.2, 0.25) is 0 Å². The summed E-state index contributed by atoms with van der Waals surface area (Å²) in [6.45, 7) is 6.15. The molecule has 5 heteroatoms. The number of amides is 1. The standard InChI is InChI=1S/C24H37N3O2/c1-25(18-19-10-13-26(14-11-19)15-16-29-2)24(28)21-17-23(20-7-4-3-5-8-20)27-12-6-9-22(21)27/h3-5,7-8,19,21-23H,6,9-18H2,1-2H3/t21-,22+,23-/m0/s1. The highest BCUT2D eigenvalue weighted by Gasteiger charge is 2.47. The number of carbonyl (C=O) groups is 1. The second-order valence-corrected chi connectivity index (χ2v) is 9.21. The number of hydrogen-bond acceptors (Lipinski definition) is 4. The molecule has 0 bridgehead atoms. The van der Waals surface area contributed by atoms with E-state index in [1.165, 1.54) is 31.2 Å². The third-order valence-corrected chi connectivity index (χ3v) is 7.41. The van der Waals surface area contributed by atoms with Gasteiger partial charge in [-0.3, -0.25) is 9.69 Å². The molecule has 1 amide bonds. The molecule has 1 aromatic rings. The summed E-state index contributed by atoms with van der Waals surface area (Å²) in [4.78, 5) is 20.6. The van der Waals surface area contributed by atoms with Crippen LogP contribution in [0, 0.1) is 11.8 Å². The van der Waals surface area contributed by atoms with Crippen molar-refractivity contribution < 1.29 is 9.53 Å². The highest BCUT2D eigenvalue weighted by molar-refractivity contribution is 5.80. The van der Waals surface area contributed by atoms with Gasteiger partial charge in [0.2, 0.25) is 5.91 Å². The average molecular weight is 400 g/mol. The van der Waals surface area contributed by atoms with E-state index >= 15 is 0 Å². The van der Waals surface area contributed by atoms with Crippen molar-refractivity contribution in [2.45, 2.75) is 44.2 Å². The fourth-order valence-corrected chi connectivity index (χ4v) is 5.81. The Morgan fingerprint density at radius 3 is 2.62 bits per heavy atom. The zero-order valence-electron chi connectivity index (χ0n) is 18.1. The second kappa shape index (κ2) is 9.59. The quantitative estimate of drug-likeness (QED) is 0.706. The SMILES string of the molecule is COCCN1CCC(CN(C)C(=O)[C@H]2C[C@@H](c3ccccc3)N3CCC[C@H]23)CC1. The summed E-state index contributed by atoms with van der Waals surface area (Å²) in [7, 11) is 3.80. The van der Waals surface area contributed by atoms with Gasteiger partial charge in [-0.1, -0.05) is 30.3 Å². The highest BCUT2D eigenvalue weighted by atomic mass is 16.5. The zero-order chi connectivity index (χ0) is 20.2. The third kappa shape index (κ3) is 4.68. The van der Waals surface area contributed by atoms with Gasteiger partial charge in [-0.2, -0.15) is 0 Å². The van der Waals surface area contributed by atoms with Gasteiger partial charge in [-0.25, -0.2) is 0 Å². The smallest absolute Gasteiger partial charge is 0.227 e. The van der Waals surface area contributed by atoms with Crippen LogP contribution in [0.1, 0.15) is 43.7 Å². The predicted octanol–water partition coefficient (Wildman–Crippen LogP) is 3.03. The number of nitrogens with zero attached hydrogens (tertiary/aromatic N) is 3. The zero-order valence-corrected chi connectivity index (χ0v) is 18.1. The lowest BCUT2D eigenvalue weighted by Crippen LogP contribution is -2.43. The van der Waals surface area contributed by atoms with Gasteiger partial charge in [-0.05, 0) is 63.2 Å². The first-order valence-corrected chi connectivity index (χ1v) is 11.4. The molecule has 3 atom stereocenters. The lowest BCUT2D eigenvalue weighted by atomic mass is 9.92. The number of benzene rings is 1. The molecule has 3 aliphatic heterocycles. The van der Waals surface area contributed by atoms with Gasteiger partial charge < -0.3 is 14.5 Å². The maximum absolute atomic E-state index is 13.4. The Bertz CT molecular complexity index is 659. The summed E-state index contributed by atoms with van der Waals surface area (Å²) in [6, 6.07) is 11.6. The van der Waals surface area contributed by atoms with E-state index in [-0.39, 0.29) is 5.92 Å². The van der Waals surface area contributed by atoms with Crippen LogP contribution < -0.4 is 0 Å². The van der Waals surface area contributed by atoms with Gasteiger partial charge in [0.15, 0.2) is 0 Å². The first kappa shape index (κ1) is 20.8. The molecule has 3 aliphatic rings. The van der Waals surface area contributed by atoms with Crippen molar-refractivity contribution in [3.8, 4) is 0 Å². The molecule has 0 N–H and O–H groups in total. The molecule has 3 saturated heterocycles. The molecule has 0 radical (unpaired) electrons. The minimum Gasteiger partial charge on any atom is -0.383 e. The minimum absolute atomic E-state index is 0.162. The van der Waals surface area contributed by atoms with E-state index in [0.717, 1.165) is 45.8 Å². The van der Waals surface area contributed by atoms with E-state index in [1.807, 2.05) is 7.05 Å². The predicted molar refractivity (Wildman–Crippen MR) is 116 cm³/mol. The van der Waals surface area contributed by atoms with Crippen molar-refractivity contribution in [3.05, 3.63) is 35.9 Å². The first-order chi connectivity index (χ1) is 14.2. The number of methoxy groups -OCH3 is 1. The molecule has 160 valence electrons. The maximum atomic E-state index is 13.4. The van der Waals surface area contributed by atoms with Crippen molar-refractivity contribution in [2.75, 3.05) is 53.5 Å². The van der Waals surface area contributed by atoms with E-state index in [9.17, 15) is 4.79 Å². The molecule has 3 fully saturated rings. The number of ether oxygens (including phenoxy) is 1. The third-order valence-electron chi connectivity index (χ3n) is 7.41. The first-order valence-electron chi connectivity index (χ1n) is 11.4. The molecular weight excluding hydrogens is 362 g/mol. The number of carbonyl (C=O) groups excluding carboxylic acids is 1. The Morgan fingerprint density at radius 1 is 1.14 bits per heavy atom. The van der Waals surface area contributed by atoms with Crippen LogP contribution in [-0.2, 0) is 9.53 Å². The Morgan fingerprint density at radius 2 is 1.90 bits per heavy atom. The van der Waals surface area contributed by atoms with Crippen LogP contribution >= 0.6 is 0 Å². The van der Waals surface area contributed by atoms with E-state index in [2.05, 4.69) is 45.0 Å². The van der Waals surface area contributed by atoms with Gasteiger partial charge in [0.25, 0.3) is 0 Å². The summed E-state index contributed by atoms with van der Waals surface area (Å²) in [5.41, 5.74) is 1.38. The van der Waals surface area contributed by atoms with Crippen LogP contribution in [0.5, 0.6) is 0 Å². The van der Waals surface area contributed by atoms with E-state index in [1.54, 1.807) is 7.11 Å². The van der Waals surface area contributed by atoms with E-state index < -0.39 is 0 Å². The minimum atomic E-state index is 0.162. The summed E-state index contributed by atoms with van der Waals surface area (Å²) >= 11 is 0. The lowest BCUT2D eigenvalue weighted by Gasteiger charge is -2.34. The molecule has 0 unspecified atom stereocenters. The van der Waals surface area contributed by atoms with Crippen LogP contribution in [0.15, 0.2) is 30.3 Å². The number of likely N-dealkylation sites (tertiary alicyclic amines) is 1. The summed E-state index contributed by atoms with van der Waals surface area (Å²) in [6.07, 6.45) is 5.75. The summed E-state index contributed by atoms with van der Waals surface area (Å²) < 4.78 is 5.20. The summed E-state index contributed by atoms with van der Waals surface area (Å²) in [5.74, 6) is 1.17. The monoisotopic (exact) mass is 399 g/mol. The van der Waals surface area contributed by atoms with E-state index in [0.29, 0.717) is 23.9 Å². The van der Waals surface area contributed by atoms with Gasteiger partial charge in [0.1, 0.15) is 0 Å². The number of piperidine rings is 1. The topological polar surface area (TPSA) is 36.0 Å². The van der Waals surface area contributed by atoms with E-state index in [4.69, 9.17) is 4.74 Å². The number of rotatable bonds is 7. The van der Waals surface area contributed by atoms with Gasteiger partial charge in [-0.15, -0.1) is 0 Å². The fraction of sp³-hybridized carbons (Fsp3) is 0.708. The van der Waals surface area contributed by atoms with Crippen LogP contribution in [0.25, 0.3) is 0 Å². The van der Waals surface area contributed by atoms with Crippen LogP contribution in [0.3, 0.4) is 0 Å². The molecule has 0 aliphatic carbocycles. The Balaban J connectivity index is 1.33. The van der Waals surface area contributed by atoms with Crippen LogP contribution in [0.4, 0.5) is 0 Å². The molecule has 0 saturated carbocycles. The highest BCUT2D eigenvalue weighted by Crippen LogP contribution is 2.45. The molecule has 0 spiro atoms. The van der Waals surface area contributed by atoms with Gasteiger partial charge in [0.05, 0.1) is 12.5 Å². The van der Waals surface area contributed by atoms with Crippen molar-refractivity contribution in [1.29, 1.82) is 0 Å². The number of fused-ring (bicyclic) bond motifs is 1. The molecule has 0 aromatic heterocycles. The Labute approximate surface area is 176 Å². The fourth-order valence-electron chi connectivity index (χ4n) is 5.81. The maximum Gasteiger partial charge on any atom is 0.227 e. The normalized spacial score (nSPS) is 28.6. The molecule has 29 heavy (non-hydrogen) atoms.